The van der Waals surface area contributed by atoms with E-state index in [4.69, 9.17) is 0 Å². The zero-order chi connectivity index (χ0) is 13.0. The molecule has 4 aliphatic rings. The van der Waals surface area contributed by atoms with Gasteiger partial charge in [0.2, 0.25) is 0 Å². The van der Waals surface area contributed by atoms with Gasteiger partial charge in [-0.25, -0.2) is 0 Å². The van der Waals surface area contributed by atoms with Gasteiger partial charge in [-0.3, -0.25) is 0 Å². The van der Waals surface area contributed by atoms with Crippen molar-refractivity contribution in [3.8, 4) is 0 Å². The van der Waals surface area contributed by atoms with E-state index in [1.54, 1.807) is 0 Å². The van der Waals surface area contributed by atoms with Crippen molar-refractivity contribution in [3.05, 3.63) is 0 Å². The number of hydrogen-bond acceptors (Lipinski definition) is 1. The molecule has 0 aliphatic heterocycles. The summed E-state index contributed by atoms with van der Waals surface area (Å²) in [5.41, 5.74) is 0.488. The Morgan fingerprint density at radius 2 is 1.74 bits per heavy atom. The second-order valence-corrected chi connectivity index (χ2v) is 8.45. The minimum Gasteiger partial charge on any atom is -0.393 e. The molecule has 0 bridgehead atoms. The average molecular weight is 262 g/mol. The van der Waals surface area contributed by atoms with Gasteiger partial charge in [-0.15, -0.1) is 0 Å². The van der Waals surface area contributed by atoms with Crippen molar-refractivity contribution >= 4 is 0 Å². The molecule has 7 atom stereocenters. The number of fused-ring (bicyclic) bond motifs is 5. The van der Waals surface area contributed by atoms with E-state index in [9.17, 15) is 5.11 Å². The fourth-order valence-corrected chi connectivity index (χ4v) is 6.92. The predicted molar refractivity (Wildman–Crippen MR) is 77.7 cm³/mol. The van der Waals surface area contributed by atoms with Gasteiger partial charge in [0.05, 0.1) is 6.10 Å². The summed E-state index contributed by atoms with van der Waals surface area (Å²) >= 11 is 0. The highest BCUT2D eigenvalue weighted by Crippen LogP contribution is 2.62. The van der Waals surface area contributed by atoms with Crippen LogP contribution >= 0.6 is 0 Å². The third-order valence-corrected chi connectivity index (χ3v) is 7.62. The van der Waals surface area contributed by atoms with Crippen LogP contribution in [0.25, 0.3) is 0 Å². The Kier molecular flexibility index (Phi) is 2.99. The van der Waals surface area contributed by atoms with Crippen molar-refractivity contribution < 1.29 is 5.11 Å². The van der Waals surface area contributed by atoms with Crippen LogP contribution in [0.1, 0.15) is 71.1 Å². The van der Waals surface area contributed by atoms with Crippen molar-refractivity contribution in [2.45, 2.75) is 77.2 Å². The molecule has 0 saturated heterocycles. The molecule has 0 aromatic rings. The van der Waals surface area contributed by atoms with Crippen molar-refractivity contribution in [2.75, 3.05) is 0 Å². The molecule has 1 nitrogen and oxygen atoms in total. The van der Waals surface area contributed by atoms with E-state index in [1.165, 1.54) is 57.8 Å². The molecule has 0 heterocycles. The molecule has 4 aliphatic carbocycles. The molecule has 0 spiro atoms. The van der Waals surface area contributed by atoms with E-state index in [0.29, 0.717) is 11.3 Å². The van der Waals surface area contributed by atoms with Crippen LogP contribution in [0.3, 0.4) is 0 Å². The second kappa shape index (κ2) is 4.48. The Morgan fingerprint density at radius 3 is 2.63 bits per heavy atom. The maximum atomic E-state index is 10.9. The van der Waals surface area contributed by atoms with Crippen molar-refractivity contribution in [1.82, 2.24) is 0 Å². The number of aliphatic hydroxyl groups is 1. The topological polar surface area (TPSA) is 20.2 Å². The van der Waals surface area contributed by atoms with Gasteiger partial charge in [0, 0.05) is 0 Å². The van der Waals surface area contributed by atoms with E-state index >= 15 is 0 Å². The first-order chi connectivity index (χ1) is 9.19. The maximum absolute atomic E-state index is 10.9. The Hall–Kier alpha value is -0.0400. The highest BCUT2D eigenvalue weighted by molar-refractivity contribution is 5.05. The summed E-state index contributed by atoms with van der Waals surface area (Å²) in [7, 11) is 0. The minimum absolute atomic E-state index is 0.0234. The molecule has 108 valence electrons. The van der Waals surface area contributed by atoms with Gasteiger partial charge in [-0.2, -0.15) is 0 Å². The monoisotopic (exact) mass is 262 g/mol. The summed E-state index contributed by atoms with van der Waals surface area (Å²) in [5.74, 6) is 4.35. The Bertz CT molecular complexity index is 352. The lowest BCUT2D eigenvalue weighted by Gasteiger charge is -2.56. The maximum Gasteiger partial charge on any atom is 0.0579 e. The average Bonchev–Trinajstić information content (AvgIpc) is 2.79. The zero-order valence-corrected chi connectivity index (χ0v) is 12.5. The molecule has 0 aromatic heterocycles. The second-order valence-electron chi connectivity index (χ2n) is 8.45. The smallest absolute Gasteiger partial charge is 0.0579 e. The summed E-state index contributed by atoms with van der Waals surface area (Å²) < 4.78 is 0. The van der Waals surface area contributed by atoms with Crippen LogP contribution in [-0.4, -0.2) is 11.2 Å². The molecule has 0 radical (unpaired) electrons. The van der Waals surface area contributed by atoms with Gasteiger partial charge in [-0.1, -0.05) is 32.6 Å². The summed E-state index contributed by atoms with van der Waals surface area (Å²) in [6.07, 6.45) is 14.1. The van der Waals surface area contributed by atoms with Gasteiger partial charge in [0.1, 0.15) is 0 Å². The minimum atomic E-state index is 0.0234. The third kappa shape index (κ3) is 1.83. The third-order valence-electron chi connectivity index (χ3n) is 7.62. The Morgan fingerprint density at radius 1 is 0.895 bits per heavy atom. The number of rotatable bonds is 0. The van der Waals surface area contributed by atoms with E-state index in [1.807, 2.05) is 0 Å². The van der Waals surface area contributed by atoms with Gasteiger partial charge >= 0.3 is 0 Å². The molecule has 0 amide bonds. The standard InChI is InChI=1S/C18H30O/c1-18-10-4-7-15(18)14-9-8-12-5-2-3-6-13(12)17(14)16(19)11-18/h12-17,19H,2-11H2,1H3/t12?,13-,14-,15-,16-,17+,18-/m0/s1. The summed E-state index contributed by atoms with van der Waals surface area (Å²) in [5, 5.41) is 10.9. The SMILES string of the molecule is C[C@@]12CCC[C@H]1[C@@H]1CCC3CCCC[C@@H]3[C@H]1[C@@H](O)C2. The van der Waals surface area contributed by atoms with Crippen LogP contribution in [0.15, 0.2) is 0 Å². The lowest BCUT2D eigenvalue weighted by atomic mass is 9.50. The molecule has 1 unspecified atom stereocenters. The van der Waals surface area contributed by atoms with E-state index in [0.717, 1.165) is 30.1 Å². The van der Waals surface area contributed by atoms with Crippen LogP contribution in [-0.2, 0) is 0 Å². The molecular weight excluding hydrogens is 232 g/mol. The van der Waals surface area contributed by atoms with Gasteiger partial charge in [0.15, 0.2) is 0 Å². The molecule has 19 heavy (non-hydrogen) atoms. The quantitative estimate of drug-likeness (QED) is 0.686. The van der Waals surface area contributed by atoms with Crippen LogP contribution in [0.5, 0.6) is 0 Å². The molecule has 4 rings (SSSR count). The van der Waals surface area contributed by atoms with Gasteiger partial charge in [-0.05, 0) is 73.5 Å². The fraction of sp³-hybridized carbons (Fsp3) is 1.00. The molecule has 4 saturated carbocycles. The lowest BCUT2D eigenvalue weighted by Crippen LogP contribution is -2.52. The van der Waals surface area contributed by atoms with Crippen LogP contribution in [0.4, 0.5) is 0 Å². The van der Waals surface area contributed by atoms with Crippen molar-refractivity contribution in [1.29, 1.82) is 0 Å². The van der Waals surface area contributed by atoms with Crippen LogP contribution in [0.2, 0.25) is 0 Å². The molecule has 0 aromatic carbocycles. The molecule has 1 heteroatoms. The first-order valence-electron chi connectivity index (χ1n) is 8.87. The highest BCUT2D eigenvalue weighted by Gasteiger charge is 2.56. The predicted octanol–water partition coefficient (Wildman–Crippen LogP) is 4.39. The molecular formula is C18H30O. The summed E-state index contributed by atoms with van der Waals surface area (Å²) in [6, 6.07) is 0. The summed E-state index contributed by atoms with van der Waals surface area (Å²) in [6.45, 7) is 2.48. The Balaban J connectivity index is 1.64. The van der Waals surface area contributed by atoms with Gasteiger partial charge in [0.25, 0.3) is 0 Å². The van der Waals surface area contributed by atoms with Crippen molar-refractivity contribution in [2.24, 2.45) is 35.0 Å². The molecule has 4 fully saturated rings. The van der Waals surface area contributed by atoms with E-state index in [2.05, 4.69) is 6.92 Å². The first kappa shape index (κ1) is 12.7. The lowest BCUT2D eigenvalue weighted by molar-refractivity contribution is -0.122. The fourth-order valence-electron chi connectivity index (χ4n) is 6.92. The number of hydrogen-bond donors (Lipinski definition) is 1. The highest BCUT2D eigenvalue weighted by atomic mass is 16.3. The normalized spacial score (nSPS) is 57.2. The van der Waals surface area contributed by atoms with Crippen LogP contribution in [0, 0.1) is 35.0 Å². The van der Waals surface area contributed by atoms with Crippen LogP contribution < -0.4 is 0 Å². The van der Waals surface area contributed by atoms with Crippen molar-refractivity contribution in [3.63, 3.8) is 0 Å². The van der Waals surface area contributed by atoms with E-state index < -0.39 is 0 Å². The number of aliphatic hydroxyl groups excluding tert-OH is 1. The Labute approximate surface area is 118 Å². The molecule has 1 N–H and O–H groups in total. The van der Waals surface area contributed by atoms with Gasteiger partial charge < -0.3 is 5.11 Å². The first-order valence-corrected chi connectivity index (χ1v) is 8.87. The van der Waals surface area contributed by atoms with E-state index in [-0.39, 0.29) is 6.10 Å². The largest absolute Gasteiger partial charge is 0.393 e. The summed E-state index contributed by atoms with van der Waals surface area (Å²) in [4.78, 5) is 0. The zero-order valence-electron chi connectivity index (χ0n) is 12.5.